The summed E-state index contributed by atoms with van der Waals surface area (Å²) < 4.78 is 4.65. The van der Waals surface area contributed by atoms with Crippen molar-refractivity contribution in [2.24, 2.45) is 4.99 Å². The Morgan fingerprint density at radius 2 is 2.50 bits per heavy atom. The molecule has 0 aromatic carbocycles. The molecule has 0 fully saturated rings. The first kappa shape index (κ1) is 5.99. The van der Waals surface area contributed by atoms with Crippen LogP contribution in [0, 0.1) is 0 Å². The average molecular weight is 127 g/mol. The van der Waals surface area contributed by atoms with Crippen LogP contribution >= 0.6 is 0 Å². The SMILES string of the molecule is C1=NCCO1.[Fe]. The monoisotopic (exact) mass is 127 g/mol. The van der Waals surface area contributed by atoms with Gasteiger partial charge in [-0.25, -0.2) is 0 Å². The molecule has 0 unspecified atom stereocenters. The fourth-order valence-electron chi connectivity index (χ4n) is 0.264. The normalized spacial score (nSPS) is 16.0. The van der Waals surface area contributed by atoms with Gasteiger partial charge in [0.1, 0.15) is 6.61 Å². The Morgan fingerprint density at radius 1 is 1.67 bits per heavy atom. The van der Waals surface area contributed by atoms with Crippen molar-refractivity contribution in [1.82, 2.24) is 0 Å². The van der Waals surface area contributed by atoms with Gasteiger partial charge in [0.05, 0.1) is 6.54 Å². The minimum Gasteiger partial charge on any atom is -0.482 e. The van der Waals surface area contributed by atoms with Crippen LogP contribution in [0.2, 0.25) is 0 Å². The van der Waals surface area contributed by atoms with Gasteiger partial charge in [-0.3, -0.25) is 4.99 Å². The van der Waals surface area contributed by atoms with E-state index in [9.17, 15) is 0 Å². The molecule has 3 heteroatoms. The molecule has 0 aromatic rings. The first-order valence-corrected chi connectivity index (χ1v) is 1.60. The fraction of sp³-hybridized carbons (Fsp3) is 0.667. The first-order chi connectivity index (χ1) is 2.50. The van der Waals surface area contributed by atoms with Crippen molar-refractivity contribution in [3.63, 3.8) is 0 Å². The van der Waals surface area contributed by atoms with Gasteiger partial charge in [0, 0.05) is 17.1 Å². The van der Waals surface area contributed by atoms with E-state index in [-0.39, 0.29) is 17.1 Å². The van der Waals surface area contributed by atoms with Gasteiger partial charge in [0.15, 0.2) is 6.40 Å². The Balaban J connectivity index is 0.000000250. The average Bonchev–Trinajstić information content (AvgIpc) is 1.76. The maximum atomic E-state index is 4.65. The summed E-state index contributed by atoms with van der Waals surface area (Å²) in [7, 11) is 0. The zero-order chi connectivity index (χ0) is 3.54. The quantitative estimate of drug-likeness (QED) is 0.421. The van der Waals surface area contributed by atoms with E-state index in [1.54, 1.807) is 0 Å². The van der Waals surface area contributed by atoms with E-state index in [0.717, 1.165) is 13.2 Å². The van der Waals surface area contributed by atoms with Gasteiger partial charge >= 0.3 is 0 Å². The van der Waals surface area contributed by atoms with Gasteiger partial charge in [-0.2, -0.15) is 0 Å². The third-order valence-electron chi connectivity index (χ3n) is 0.487. The van der Waals surface area contributed by atoms with Crippen LogP contribution in [0.3, 0.4) is 0 Å². The van der Waals surface area contributed by atoms with Crippen LogP contribution in [0.5, 0.6) is 0 Å². The van der Waals surface area contributed by atoms with Crippen molar-refractivity contribution in [1.29, 1.82) is 0 Å². The van der Waals surface area contributed by atoms with Crippen LogP contribution < -0.4 is 0 Å². The van der Waals surface area contributed by atoms with E-state index >= 15 is 0 Å². The summed E-state index contributed by atoms with van der Waals surface area (Å²) >= 11 is 0. The third-order valence-corrected chi connectivity index (χ3v) is 0.487. The summed E-state index contributed by atoms with van der Waals surface area (Å²) in [4.78, 5) is 3.74. The zero-order valence-corrected chi connectivity index (χ0v) is 4.30. The predicted molar refractivity (Wildman–Crippen MR) is 19.3 cm³/mol. The molecular weight excluding hydrogens is 122 g/mol. The molecule has 0 aliphatic carbocycles. The van der Waals surface area contributed by atoms with E-state index in [1.165, 1.54) is 6.40 Å². The number of rotatable bonds is 0. The Bertz CT molecular complexity index is 48.8. The number of aliphatic imine (C=N–C) groups is 1. The molecule has 0 saturated carbocycles. The number of ether oxygens (including phenoxy) is 1. The minimum absolute atomic E-state index is 0. The van der Waals surface area contributed by atoms with Crippen LogP contribution in [-0.4, -0.2) is 19.6 Å². The van der Waals surface area contributed by atoms with Gasteiger partial charge in [0.2, 0.25) is 0 Å². The van der Waals surface area contributed by atoms with Crippen LogP contribution in [0.1, 0.15) is 0 Å². The van der Waals surface area contributed by atoms with Crippen LogP contribution in [0.4, 0.5) is 0 Å². The molecule has 2 nitrogen and oxygen atoms in total. The Kier molecular flexibility index (Phi) is 3.18. The van der Waals surface area contributed by atoms with Crippen molar-refractivity contribution in [2.45, 2.75) is 0 Å². The van der Waals surface area contributed by atoms with Gasteiger partial charge < -0.3 is 4.74 Å². The molecule has 0 atom stereocenters. The van der Waals surface area contributed by atoms with Crippen molar-refractivity contribution >= 4 is 6.40 Å². The van der Waals surface area contributed by atoms with Crippen molar-refractivity contribution < 1.29 is 21.8 Å². The summed E-state index contributed by atoms with van der Waals surface area (Å²) in [6.07, 6.45) is 1.49. The smallest absolute Gasteiger partial charge is 0.169 e. The second kappa shape index (κ2) is 3.19. The molecule has 1 aliphatic rings. The van der Waals surface area contributed by atoms with Crippen molar-refractivity contribution in [3.05, 3.63) is 0 Å². The molecular formula is C3H5FeNO. The third kappa shape index (κ3) is 1.43. The standard InChI is InChI=1S/C3H5NO.Fe/c1-2-5-3-4-1;/h3H,1-2H2;. The second-order valence-corrected chi connectivity index (χ2v) is 0.882. The molecule has 1 rings (SSSR count). The van der Waals surface area contributed by atoms with Crippen LogP contribution in [0.15, 0.2) is 4.99 Å². The fourth-order valence-corrected chi connectivity index (χ4v) is 0.264. The van der Waals surface area contributed by atoms with Gasteiger partial charge in [-0.05, 0) is 0 Å². The molecule has 36 valence electrons. The second-order valence-electron chi connectivity index (χ2n) is 0.882. The summed E-state index contributed by atoms with van der Waals surface area (Å²) in [5.41, 5.74) is 0. The molecule has 6 heavy (non-hydrogen) atoms. The van der Waals surface area contributed by atoms with Crippen molar-refractivity contribution in [2.75, 3.05) is 13.2 Å². The predicted octanol–water partition coefficient (Wildman–Crippen LogP) is 0.0424. The van der Waals surface area contributed by atoms with E-state index in [0.29, 0.717) is 0 Å². The Hall–Kier alpha value is -0.0105. The molecule has 0 radical (unpaired) electrons. The molecule has 0 amide bonds. The van der Waals surface area contributed by atoms with Crippen LogP contribution in [0.25, 0.3) is 0 Å². The topological polar surface area (TPSA) is 21.6 Å². The van der Waals surface area contributed by atoms with E-state index < -0.39 is 0 Å². The first-order valence-electron chi connectivity index (χ1n) is 1.60. The molecule has 1 aliphatic heterocycles. The van der Waals surface area contributed by atoms with E-state index in [2.05, 4.69) is 9.73 Å². The van der Waals surface area contributed by atoms with Gasteiger partial charge in [-0.15, -0.1) is 0 Å². The molecule has 0 N–H and O–H groups in total. The maximum absolute atomic E-state index is 4.65. The molecule has 0 spiro atoms. The summed E-state index contributed by atoms with van der Waals surface area (Å²) in [6, 6.07) is 0. The Labute approximate surface area is 47.1 Å². The largest absolute Gasteiger partial charge is 0.482 e. The zero-order valence-electron chi connectivity index (χ0n) is 3.20. The van der Waals surface area contributed by atoms with Gasteiger partial charge in [0.25, 0.3) is 0 Å². The number of hydrogen-bond donors (Lipinski definition) is 0. The van der Waals surface area contributed by atoms with E-state index in [1.807, 2.05) is 0 Å². The molecule has 0 saturated heterocycles. The number of hydrogen-bond acceptors (Lipinski definition) is 2. The minimum atomic E-state index is 0. The van der Waals surface area contributed by atoms with Gasteiger partial charge in [-0.1, -0.05) is 0 Å². The van der Waals surface area contributed by atoms with Crippen LogP contribution in [-0.2, 0) is 21.8 Å². The summed E-state index contributed by atoms with van der Waals surface area (Å²) in [6.45, 7) is 1.62. The van der Waals surface area contributed by atoms with Crippen molar-refractivity contribution in [3.8, 4) is 0 Å². The molecule has 0 bridgehead atoms. The maximum Gasteiger partial charge on any atom is 0.169 e. The Morgan fingerprint density at radius 3 is 2.67 bits per heavy atom. The molecule has 0 aromatic heterocycles. The summed E-state index contributed by atoms with van der Waals surface area (Å²) in [5, 5.41) is 0. The summed E-state index contributed by atoms with van der Waals surface area (Å²) in [5.74, 6) is 0. The van der Waals surface area contributed by atoms with E-state index in [4.69, 9.17) is 0 Å². The molecule has 1 heterocycles. The number of nitrogens with zero attached hydrogens (tertiary/aromatic N) is 1.